The minimum absolute atomic E-state index is 0.145. The van der Waals surface area contributed by atoms with Gasteiger partial charge in [-0.15, -0.1) is 0 Å². The van der Waals surface area contributed by atoms with Crippen LogP contribution in [0.15, 0.2) is 24.3 Å². The van der Waals surface area contributed by atoms with Crippen molar-refractivity contribution in [3.63, 3.8) is 0 Å². The molecule has 1 unspecified atom stereocenters. The van der Waals surface area contributed by atoms with Crippen LogP contribution in [0.1, 0.15) is 18.9 Å². The Morgan fingerprint density at radius 3 is 2.88 bits per heavy atom. The van der Waals surface area contributed by atoms with E-state index in [9.17, 15) is 4.39 Å². The van der Waals surface area contributed by atoms with Gasteiger partial charge in [-0.25, -0.2) is 4.39 Å². The Morgan fingerprint density at radius 1 is 1.44 bits per heavy atom. The lowest BCUT2D eigenvalue weighted by atomic mass is 10.1. The van der Waals surface area contributed by atoms with Gasteiger partial charge in [-0.1, -0.05) is 19.1 Å². The Hall–Kier alpha value is -0.540. The Bertz CT molecular complexity index is 304. The summed E-state index contributed by atoms with van der Waals surface area (Å²) in [5.41, 5.74) is 1.07. The highest BCUT2D eigenvalue weighted by Gasteiger charge is 2.07. The van der Waals surface area contributed by atoms with E-state index in [4.69, 9.17) is 0 Å². The predicted molar refractivity (Wildman–Crippen MR) is 70.6 cm³/mol. The third-order valence-corrected chi connectivity index (χ3v) is 3.78. The van der Waals surface area contributed by atoms with E-state index in [-0.39, 0.29) is 5.82 Å². The maximum atomic E-state index is 13.0. The van der Waals surface area contributed by atoms with Crippen molar-refractivity contribution in [1.29, 1.82) is 0 Å². The van der Waals surface area contributed by atoms with Gasteiger partial charge in [0.25, 0.3) is 0 Å². The van der Waals surface area contributed by atoms with Crippen molar-refractivity contribution >= 4 is 11.8 Å². The van der Waals surface area contributed by atoms with Crippen LogP contribution in [-0.4, -0.2) is 24.6 Å². The fourth-order valence-corrected chi connectivity index (χ4v) is 2.59. The molecule has 0 aliphatic carbocycles. The maximum absolute atomic E-state index is 13.0. The molecule has 0 heterocycles. The molecule has 1 aromatic carbocycles. The summed E-state index contributed by atoms with van der Waals surface area (Å²) in [5, 5.41) is 3.29. The van der Waals surface area contributed by atoms with Crippen LogP contribution in [-0.2, 0) is 6.42 Å². The topological polar surface area (TPSA) is 12.0 Å². The van der Waals surface area contributed by atoms with Crippen LogP contribution in [0.2, 0.25) is 0 Å². The van der Waals surface area contributed by atoms with Gasteiger partial charge in [0.05, 0.1) is 0 Å². The molecule has 90 valence electrons. The molecule has 3 heteroatoms. The molecule has 0 bridgehead atoms. The molecular formula is C13H20FNS. The fraction of sp³-hybridized carbons (Fsp3) is 0.538. The highest BCUT2D eigenvalue weighted by atomic mass is 32.2. The zero-order chi connectivity index (χ0) is 11.8. The number of benzene rings is 1. The minimum atomic E-state index is -0.145. The molecule has 0 aromatic heterocycles. The SMILES string of the molecule is CCCSCC(Cc1cccc(F)c1)NC. The van der Waals surface area contributed by atoms with E-state index in [1.165, 1.54) is 18.2 Å². The first-order chi connectivity index (χ1) is 7.76. The van der Waals surface area contributed by atoms with E-state index in [2.05, 4.69) is 12.2 Å². The second-order valence-electron chi connectivity index (χ2n) is 3.89. The van der Waals surface area contributed by atoms with Crippen LogP contribution in [0.4, 0.5) is 4.39 Å². The van der Waals surface area contributed by atoms with Crippen LogP contribution in [0.3, 0.4) is 0 Å². The number of hydrogen-bond donors (Lipinski definition) is 1. The first-order valence-electron chi connectivity index (χ1n) is 5.75. The Balaban J connectivity index is 2.43. The second-order valence-corrected chi connectivity index (χ2v) is 5.04. The molecule has 0 aliphatic rings. The molecule has 1 aromatic rings. The largest absolute Gasteiger partial charge is 0.316 e. The van der Waals surface area contributed by atoms with Crippen molar-refractivity contribution in [2.24, 2.45) is 0 Å². The number of thioether (sulfide) groups is 1. The Labute approximate surface area is 102 Å². The highest BCUT2D eigenvalue weighted by molar-refractivity contribution is 7.99. The standard InChI is InChI=1S/C13H20FNS/c1-3-7-16-10-13(15-2)9-11-5-4-6-12(14)8-11/h4-6,8,13,15H,3,7,9-10H2,1-2H3. The molecule has 0 fully saturated rings. The number of hydrogen-bond acceptors (Lipinski definition) is 2. The van der Waals surface area contributed by atoms with E-state index < -0.39 is 0 Å². The van der Waals surface area contributed by atoms with Gasteiger partial charge in [-0.3, -0.25) is 0 Å². The molecule has 1 rings (SSSR count). The summed E-state index contributed by atoms with van der Waals surface area (Å²) in [6.45, 7) is 2.19. The number of likely N-dealkylation sites (N-methyl/N-ethyl adjacent to an activating group) is 1. The summed E-state index contributed by atoms with van der Waals surface area (Å²) in [4.78, 5) is 0. The first kappa shape index (κ1) is 13.5. The fourth-order valence-electron chi connectivity index (χ4n) is 1.56. The molecule has 0 aliphatic heterocycles. The summed E-state index contributed by atoms with van der Waals surface area (Å²) < 4.78 is 13.0. The molecule has 1 atom stereocenters. The monoisotopic (exact) mass is 241 g/mol. The number of rotatable bonds is 7. The zero-order valence-corrected chi connectivity index (χ0v) is 10.8. The minimum Gasteiger partial charge on any atom is -0.316 e. The van der Waals surface area contributed by atoms with Gasteiger partial charge in [0.15, 0.2) is 0 Å². The number of nitrogens with one attached hydrogen (secondary N) is 1. The van der Waals surface area contributed by atoms with Crippen LogP contribution < -0.4 is 5.32 Å². The Kier molecular flexibility index (Phi) is 6.50. The van der Waals surface area contributed by atoms with Gasteiger partial charge in [-0.2, -0.15) is 11.8 Å². The lowest BCUT2D eigenvalue weighted by Gasteiger charge is -2.15. The lowest BCUT2D eigenvalue weighted by molar-refractivity contribution is 0.602. The van der Waals surface area contributed by atoms with Crippen molar-refractivity contribution in [3.05, 3.63) is 35.6 Å². The molecule has 1 N–H and O–H groups in total. The molecular weight excluding hydrogens is 221 g/mol. The van der Waals surface area contributed by atoms with Gasteiger partial charge in [0, 0.05) is 11.8 Å². The predicted octanol–water partition coefficient (Wildman–Crippen LogP) is 3.10. The van der Waals surface area contributed by atoms with E-state index in [1.807, 2.05) is 24.9 Å². The average Bonchev–Trinajstić information content (AvgIpc) is 2.28. The van der Waals surface area contributed by atoms with Crippen LogP contribution >= 0.6 is 11.8 Å². The highest BCUT2D eigenvalue weighted by Crippen LogP contribution is 2.11. The molecule has 16 heavy (non-hydrogen) atoms. The average molecular weight is 241 g/mol. The summed E-state index contributed by atoms with van der Waals surface area (Å²) in [7, 11) is 1.97. The third-order valence-electron chi connectivity index (χ3n) is 2.45. The van der Waals surface area contributed by atoms with Crippen molar-refractivity contribution in [2.45, 2.75) is 25.8 Å². The molecule has 1 nitrogen and oxygen atoms in total. The van der Waals surface area contributed by atoms with Crippen molar-refractivity contribution in [3.8, 4) is 0 Å². The van der Waals surface area contributed by atoms with E-state index in [0.29, 0.717) is 6.04 Å². The third kappa shape index (κ3) is 4.99. The van der Waals surface area contributed by atoms with Gasteiger partial charge in [0.1, 0.15) is 5.82 Å². The molecule has 0 saturated carbocycles. The van der Waals surface area contributed by atoms with E-state index >= 15 is 0 Å². The lowest BCUT2D eigenvalue weighted by Crippen LogP contribution is -2.30. The molecule has 0 radical (unpaired) electrons. The van der Waals surface area contributed by atoms with E-state index in [1.54, 1.807) is 12.1 Å². The number of halogens is 1. The quantitative estimate of drug-likeness (QED) is 0.736. The summed E-state index contributed by atoms with van der Waals surface area (Å²) in [6, 6.07) is 7.30. The van der Waals surface area contributed by atoms with Crippen LogP contribution in [0, 0.1) is 5.82 Å². The molecule has 0 saturated heterocycles. The van der Waals surface area contributed by atoms with Gasteiger partial charge < -0.3 is 5.32 Å². The zero-order valence-electron chi connectivity index (χ0n) is 10.0. The van der Waals surface area contributed by atoms with Crippen LogP contribution in [0.5, 0.6) is 0 Å². The van der Waals surface area contributed by atoms with Crippen molar-refractivity contribution in [1.82, 2.24) is 5.32 Å². The summed E-state index contributed by atoms with van der Waals surface area (Å²) >= 11 is 1.95. The van der Waals surface area contributed by atoms with Crippen molar-refractivity contribution in [2.75, 3.05) is 18.6 Å². The van der Waals surface area contributed by atoms with Crippen molar-refractivity contribution < 1.29 is 4.39 Å². The van der Waals surface area contributed by atoms with Gasteiger partial charge >= 0.3 is 0 Å². The molecule has 0 spiro atoms. The van der Waals surface area contributed by atoms with E-state index in [0.717, 1.165) is 17.7 Å². The first-order valence-corrected chi connectivity index (χ1v) is 6.91. The Morgan fingerprint density at radius 2 is 2.25 bits per heavy atom. The molecule has 0 amide bonds. The maximum Gasteiger partial charge on any atom is 0.123 e. The normalized spacial score (nSPS) is 12.7. The smallest absolute Gasteiger partial charge is 0.123 e. The van der Waals surface area contributed by atoms with Gasteiger partial charge in [0.2, 0.25) is 0 Å². The van der Waals surface area contributed by atoms with Crippen LogP contribution in [0.25, 0.3) is 0 Å². The van der Waals surface area contributed by atoms with Gasteiger partial charge in [-0.05, 0) is 43.3 Å². The summed E-state index contributed by atoms with van der Waals surface area (Å²) in [5.74, 6) is 2.14. The summed E-state index contributed by atoms with van der Waals surface area (Å²) in [6.07, 6.45) is 2.10. The second kappa shape index (κ2) is 7.69.